The zero-order valence-corrected chi connectivity index (χ0v) is 12.0. The molecule has 0 bridgehead atoms. The molecule has 0 unspecified atom stereocenters. The minimum absolute atomic E-state index is 0.0885. The van der Waals surface area contributed by atoms with Crippen molar-refractivity contribution in [1.82, 2.24) is 4.90 Å². The van der Waals surface area contributed by atoms with E-state index in [1.165, 1.54) is 6.92 Å². The van der Waals surface area contributed by atoms with E-state index in [1.54, 1.807) is 11.0 Å². The Morgan fingerprint density at radius 1 is 1.67 bits per heavy atom. The van der Waals surface area contributed by atoms with Crippen molar-refractivity contribution in [3.63, 3.8) is 0 Å². The van der Waals surface area contributed by atoms with Crippen molar-refractivity contribution in [3.8, 4) is 6.07 Å². The van der Waals surface area contributed by atoms with Gasteiger partial charge in [-0.1, -0.05) is 0 Å². The van der Waals surface area contributed by atoms with E-state index in [0.29, 0.717) is 41.7 Å². The molecule has 1 aliphatic rings. The highest BCUT2D eigenvalue weighted by Gasteiger charge is 2.22. The van der Waals surface area contributed by atoms with Gasteiger partial charge in [-0.15, -0.1) is 0 Å². The lowest BCUT2D eigenvalue weighted by Crippen LogP contribution is -2.36. The summed E-state index contributed by atoms with van der Waals surface area (Å²) in [6.07, 6.45) is 0. The van der Waals surface area contributed by atoms with E-state index in [2.05, 4.69) is 22.0 Å². The van der Waals surface area contributed by atoms with Crippen LogP contribution in [0.1, 0.15) is 18.1 Å². The van der Waals surface area contributed by atoms with Crippen molar-refractivity contribution in [2.75, 3.05) is 24.1 Å². The summed E-state index contributed by atoms with van der Waals surface area (Å²) in [6.45, 7) is 7.88. The SMILES string of the molecule is C=Nc1c(C)c(NC2=NCCN2C(C)=O)cc(C#N)c1N. The number of nitrogens with one attached hydrogen (secondary N) is 1. The number of nitrogens with two attached hydrogens (primary N) is 1. The molecule has 0 aromatic heterocycles. The molecule has 0 spiro atoms. The number of carbonyl (C=O) groups excluding carboxylic acids is 1. The van der Waals surface area contributed by atoms with Crippen molar-refractivity contribution >= 4 is 35.6 Å². The quantitative estimate of drug-likeness (QED) is 0.632. The molecule has 0 aliphatic carbocycles. The highest BCUT2D eigenvalue weighted by atomic mass is 16.2. The Morgan fingerprint density at radius 2 is 2.38 bits per heavy atom. The molecule has 1 aromatic carbocycles. The Balaban J connectivity index is 2.44. The summed E-state index contributed by atoms with van der Waals surface area (Å²) in [4.78, 5) is 21.2. The summed E-state index contributed by atoms with van der Waals surface area (Å²) in [7, 11) is 0. The first kappa shape index (κ1) is 14.5. The summed E-state index contributed by atoms with van der Waals surface area (Å²) in [5.74, 6) is 0.378. The van der Waals surface area contributed by atoms with Crippen LogP contribution in [0.4, 0.5) is 17.1 Å². The van der Waals surface area contributed by atoms with Crippen LogP contribution in [0.25, 0.3) is 0 Å². The fourth-order valence-corrected chi connectivity index (χ4v) is 2.19. The van der Waals surface area contributed by atoms with Crippen LogP contribution >= 0.6 is 0 Å². The van der Waals surface area contributed by atoms with Crippen LogP contribution in [0.2, 0.25) is 0 Å². The predicted octanol–water partition coefficient (Wildman–Crippen LogP) is 1.41. The largest absolute Gasteiger partial charge is 0.396 e. The van der Waals surface area contributed by atoms with Gasteiger partial charge in [0, 0.05) is 24.7 Å². The predicted molar refractivity (Wildman–Crippen MR) is 82.8 cm³/mol. The van der Waals surface area contributed by atoms with Crippen LogP contribution in [0.3, 0.4) is 0 Å². The number of guanidine groups is 1. The van der Waals surface area contributed by atoms with Gasteiger partial charge in [-0.05, 0) is 19.7 Å². The van der Waals surface area contributed by atoms with Gasteiger partial charge in [0.2, 0.25) is 11.9 Å². The number of anilines is 2. The standard InChI is InChI=1S/C14H16N6O/c1-8-11(6-10(7-15)12(16)13(8)17-3)19-14-18-4-5-20(14)9(2)21/h6H,3-5,16H2,1-2H3,(H,18,19). The maximum atomic E-state index is 11.5. The molecule has 3 N–H and O–H groups in total. The summed E-state index contributed by atoms with van der Waals surface area (Å²) in [5.41, 5.74) is 8.33. The number of nitrogen functional groups attached to an aromatic ring is 1. The minimum Gasteiger partial charge on any atom is -0.396 e. The van der Waals surface area contributed by atoms with Gasteiger partial charge in [0.25, 0.3) is 0 Å². The third-order valence-electron chi connectivity index (χ3n) is 3.34. The lowest BCUT2D eigenvalue weighted by molar-refractivity contribution is -0.124. The van der Waals surface area contributed by atoms with Crippen molar-refractivity contribution in [3.05, 3.63) is 17.2 Å². The number of aliphatic imine (C=N–C) groups is 2. The highest BCUT2D eigenvalue weighted by Crippen LogP contribution is 2.35. The minimum atomic E-state index is -0.0885. The lowest BCUT2D eigenvalue weighted by Gasteiger charge is -2.19. The van der Waals surface area contributed by atoms with Crippen LogP contribution in [-0.2, 0) is 4.79 Å². The fourth-order valence-electron chi connectivity index (χ4n) is 2.19. The summed E-state index contributed by atoms with van der Waals surface area (Å²) in [5, 5.41) is 12.2. The van der Waals surface area contributed by atoms with Gasteiger partial charge in [0.1, 0.15) is 6.07 Å². The third kappa shape index (κ3) is 2.56. The smallest absolute Gasteiger partial charge is 0.226 e. The molecule has 21 heavy (non-hydrogen) atoms. The number of benzene rings is 1. The second kappa shape index (κ2) is 5.63. The van der Waals surface area contributed by atoms with Gasteiger partial charge >= 0.3 is 0 Å². The number of rotatable bonds is 2. The molecule has 0 radical (unpaired) electrons. The number of hydrogen-bond donors (Lipinski definition) is 2. The molecule has 2 rings (SSSR count). The Morgan fingerprint density at radius 3 is 2.95 bits per heavy atom. The van der Waals surface area contributed by atoms with Gasteiger partial charge in [-0.3, -0.25) is 19.7 Å². The van der Waals surface area contributed by atoms with Crippen LogP contribution in [0, 0.1) is 18.3 Å². The topological polar surface area (TPSA) is 107 Å². The average Bonchev–Trinajstić information content (AvgIpc) is 2.91. The highest BCUT2D eigenvalue weighted by molar-refractivity contribution is 6.05. The van der Waals surface area contributed by atoms with Crippen LogP contribution in [0.15, 0.2) is 16.1 Å². The molecular weight excluding hydrogens is 268 g/mol. The van der Waals surface area contributed by atoms with Gasteiger partial charge in [0.15, 0.2) is 0 Å². The van der Waals surface area contributed by atoms with Gasteiger partial charge in [-0.25, -0.2) is 0 Å². The Hall–Kier alpha value is -2.88. The van der Waals surface area contributed by atoms with Crippen LogP contribution in [0.5, 0.6) is 0 Å². The van der Waals surface area contributed by atoms with Gasteiger partial charge < -0.3 is 11.1 Å². The second-order valence-corrected chi connectivity index (χ2v) is 4.63. The van der Waals surface area contributed by atoms with E-state index in [-0.39, 0.29) is 5.91 Å². The van der Waals surface area contributed by atoms with Crippen LogP contribution < -0.4 is 11.1 Å². The summed E-state index contributed by atoms with van der Waals surface area (Å²) in [6, 6.07) is 3.65. The molecular formula is C14H16N6O. The van der Waals surface area contributed by atoms with Crippen LogP contribution in [-0.4, -0.2) is 36.6 Å². The fraction of sp³-hybridized carbons (Fsp3) is 0.286. The monoisotopic (exact) mass is 284 g/mol. The molecule has 1 aliphatic heterocycles. The molecule has 0 saturated carbocycles. The number of amides is 1. The summed E-state index contributed by atoms with van der Waals surface area (Å²) >= 11 is 0. The molecule has 0 fully saturated rings. The third-order valence-corrected chi connectivity index (χ3v) is 3.34. The van der Waals surface area contributed by atoms with Crippen molar-refractivity contribution in [1.29, 1.82) is 5.26 Å². The zero-order valence-electron chi connectivity index (χ0n) is 12.0. The molecule has 0 atom stereocenters. The van der Waals surface area contributed by atoms with Gasteiger partial charge in [0.05, 0.1) is 23.5 Å². The zero-order chi connectivity index (χ0) is 15.6. The molecule has 7 heteroatoms. The number of hydrogen-bond acceptors (Lipinski definition) is 6. The van der Waals surface area contributed by atoms with E-state index in [0.717, 1.165) is 5.56 Å². The van der Waals surface area contributed by atoms with E-state index >= 15 is 0 Å². The first-order chi connectivity index (χ1) is 9.99. The molecule has 7 nitrogen and oxygen atoms in total. The van der Waals surface area contributed by atoms with E-state index in [1.807, 2.05) is 13.0 Å². The van der Waals surface area contributed by atoms with Gasteiger partial charge in [-0.2, -0.15) is 5.26 Å². The molecule has 108 valence electrons. The normalized spacial score (nSPS) is 13.6. The first-order valence-electron chi connectivity index (χ1n) is 6.39. The second-order valence-electron chi connectivity index (χ2n) is 4.63. The summed E-state index contributed by atoms with van der Waals surface area (Å²) < 4.78 is 0. The molecule has 0 saturated heterocycles. The molecule has 1 amide bonds. The van der Waals surface area contributed by atoms with E-state index in [4.69, 9.17) is 11.0 Å². The van der Waals surface area contributed by atoms with Crippen molar-refractivity contribution in [2.45, 2.75) is 13.8 Å². The number of carbonyl (C=O) groups is 1. The van der Waals surface area contributed by atoms with E-state index in [9.17, 15) is 4.79 Å². The Labute approximate surface area is 122 Å². The maximum absolute atomic E-state index is 11.5. The maximum Gasteiger partial charge on any atom is 0.226 e. The van der Waals surface area contributed by atoms with Crippen molar-refractivity contribution < 1.29 is 4.79 Å². The molecule has 1 heterocycles. The average molecular weight is 284 g/mol. The molecule has 1 aromatic rings. The van der Waals surface area contributed by atoms with Crippen molar-refractivity contribution in [2.24, 2.45) is 9.98 Å². The number of nitriles is 1. The van der Waals surface area contributed by atoms with E-state index < -0.39 is 0 Å². The first-order valence-corrected chi connectivity index (χ1v) is 6.39. The lowest BCUT2D eigenvalue weighted by atomic mass is 10.1. The Kier molecular flexibility index (Phi) is 3.89. The number of nitrogens with zero attached hydrogens (tertiary/aromatic N) is 4. The Bertz CT molecular complexity index is 686.